The molecule has 4 nitrogen and oxygen atoms in total. The minimum atomic E-state index is -0.464. The van der Waals surface area contributed by atoms with Crippen LogP contribution in [0.5, 0.6) is 0 Å². The lowest BCUT2D eigenvalue weighted by Gasteiger charge is -2.45. The van der Waals surface area contributed by atoms with Gasteiger partial charge in [-0.1, -0.05) is 176 Å². The summed E-state index contributed by atoms with van der Waals surface area (Å²) in [6.45, 7) is 2.86. The highest BCUT2D eigenvalue weighted by molar-refractivity contribution is 5.87. The van der Waals surface area contributed by atoms with Gasteiger partial charge >= 0.3 is 0 Å². The monoisotopic (exact) mass is 686 g/mol. The number of aryl methyl sites for hydroxylation is 1. The summed E-state index contributed by atoms with van der Waals surface area (Å²) in [5.41, 5.74) is 20.6. The van der Waals surface area contributed by atoms with Crippen molar-refractivity contribution in [1.82, 2.24) is 16.0 Å². The van der Waals surface area contributed by atoms with E-state index in [-0.39, 0.29) is 12.2 Å². The molecule has 0 amide bonds. The number of nitrogens with one attached hydrogen (secondary N) is 3. The molecule has 4 heteroatoms. The lowest BCUT2D eigenvalue weighted by atomic mass is 9.70. The Hall–Kier alpha value is -6.04. The van der Waals surface area contributed by atoms with Crippen LogP contribution in [0.25, 0.3) is 33.7 Å². The van der Waals surface area contributed by atoms with E-state index in [1.165, 1.54) is 55.3 Å². The first-order valence-electron chi connectivity index (χ1n) is 18.4. The highest BCUT2D eigenvalue weighted by Crippen LogP contribution is 2.46. The van der Waals surface area contributed by atoms with Crippen LogP contribution < -0.4 is 21.7 Å². The molecule has 3 atom stereocenters. The summed E-state index contributed by atoms with van der Waals surface area (Å²) >= 11 is 0. The first-order valence-corrected chi connectivity index (χ1v) is 18.4. The van der Waals surface area contributed by atoms with Gasteiger partial charge in [0.1, 0.15) is 0 Å². The SMILES string of the molecule is Cc1c(C(NC(N)c2ccccc2)c2ccc(-c3cccc(C4=C5C=Cc6ccccc6C5(c5ccccc5)NCN4)c3)cc2)ccc2ccccc12. The topological polar surface area (TPSA) is 62.1 Å². The van der Waals surface area contributed by atoms with Crippen LogP contribution in [0, 0.1) is 6.92 Å². The van der Waals surface area contributed by atoms with Crippen molar-refractivity contribution >= 4 is 22.5 Å². The lowest BCUT2D eigenvalue weighted by Crippen LogP contribution is -2.53. The van der Waals surface area contributed by atoms with Crippen LogP contribution in [0.15, 0.2) is 182 Å². The fourth-order valence-electron chi connectivity index (χ4n) is 8.39. The van der Waals surface area contributed by atoms with E-state index < -0.39 is 5.54 Å². The van der Waals surface area contributed by atoms with E-state index in [0.717, 1.165) is 22.4 Å². The third-order valence-corrected chi connectivity index (χ3v) is 11.1. The molecular weight excluding hydrogens is 645 g/mol. The highest BCUT2D eigenvalue weighted by atomic mass is 15.2. The molecule has 0 spiro atoms. The molecule has 0 saturated heterocycles. The van der Waals surface area contributed by atoms with Crippen LogP contribution in [0.4, 0.5) is 0 Å². The fraction of sp³-hybridized carbons (Fsp3) is 0.102. The Bertz CT molecular complexity index is 2480. The Kier molecular flexibility index (Phi) is 8.57. The second kappa shape index (κ2) is 13.8. The Morgan fingerprint density at radius 3 is 2.17 bits per heavy atom. The molecule has 53 heavy (non-hydrogen) atoms. The van der Waals surface area contributed by atoms with E-state index in [4.69, 9.17) is 5.73 Å². The van der Waals surface area contributed by atoms with Gasteiger partial charge in [0, 0.05) is 11.3 Å². The summed E-state index contributed by atoms with van der Waals surface area (Å²) < 4.78 is 0. The second-order valence-electron chi connectivity index (χ2n) is 14.0. The predicted molar refractivity (Wildman–Crippen MR) is 220 cm³/mol. The zero-order valence-corrected chi connectivity index (χ0v) is 29.8. The number of hydrogen-bond acceptors (Lipinski definition) is 4. The van der Waals surface area contributed by atoms with Crippen LogP contribution in [-0.2, 0) is 5.54 Å². The third kappa shape index (κ3) is 5.87. The molecule has 0 bridgehead atoms. The molecule has 7 aromatic carbocycles. The normalized spacial score (nSPS) is 17.5. The summed E-state index contributed by atoms with van der Waals surface area (Å²) in [5.74, 6) is 0. The van der Waals surface area contributed by atoms with Gasteiger partial charge in [-0.05, 0) is 79.4 Å². The first-order chi connectivity index (χ1) is 26.1. The molecule has 0 fully saturated rings. The minimum absolute atomic E-state index is 0.104. The Morgan fingerprint density at radius 1 is 0.623 bits per heavy atom. The molecule has 0 radical (unpaired) electrons. The van der Waals surface area contributed by atoms with E-state index in [9.17, 15) is 0 Å². The van der Waals surface area contributed by atoms with Crippen LogP contribution in [0.3, 0.4) is 0 Å². The summed E-state index contributed by atoms with van der Waals surface area (Å²) in [6, 6.07) is 60.6. The number of nitrogens with two attached hydrogens (primary N) is 1. The van der Waals surface area contributed by atoms with Crippen molar-refractivity contribution in [2.24, 2.45) is 5.73 Å². The highest BCUT2D eigenvalue weighted by Gasteiger charge is 2.43. The molecule has 7 aromatic rings. The molecule has 9 rings (SSSR count). The van der Waals surface area contributed by atoms with Crippen LogP contribution in [-0.4, -0.2) is 6.67 Å². The van der Waals surface area contributed by atoms with Gasteiger partial charge in [0.15, 0.2) is 0 Å². The van der Waals surface area contributed by atoms with Crippen LogP contribution in [0.2, 0.25) is 0 Å². The summed E-state index contributed by atoms with van der Waals surface area (Å²) in [5, 5.41) is 13.9. The van der Waals surface area contributed by atoms with Crippen LogP contribution in [0.1, 0.15) is 56.7 Å². The molecule has 258 valence electrons. The molecule has 3 unspecified atom stereocenters. The number of benzene rings is 7. The maximum atomic E-state index is 6.83. The van der Waals surface area contributed by atoms with Gasteiger partial charge in [-0.15, -0.1) is 0 Å². The first kappa shape index (κ1) is 32.8. The zero-order valence-electron chi connectivity index (χ0n) is 29.8. The summed E-state index contributed by atoms with van der Waals surface area (Å²) in [4.78, 5) is 0. The summed E-state index contributed by atoms with van der Waals surface area (Å²) in [6.07, 6.45) is 4.20. The third-order valence-electron chi connectivity index (χ3n) is 11.1. The Morgan fingerprint density at radius 2 is 1.34 bits per heavy atom. The van der Waals surface area contributed by atoms with Crippen molar-refractivity contribution in [3.63, 3.8) is 0 Å². The maximum absolute atomic E-state index is 6.83. The molecular formula is C49H42N4. The molecule has 1 aliphatic carbocycles. The van der Waals surface area contributed by atoms with Crippen molar-refractivity contribution < 1.29 is 0 Å². The Labute approximate surface area is 311 Å². The van der Waals surface area contributed by atoms with Crippen LogP contribution >= 0.6 is 0 Å². The molecule has 2 aliphatic rings. The van der Waals surface area contributed by atoms with Crippen molar-refractivity contribution in [2.75, 3.05) is 6.67 Å². The molecule has 0 aromatic heterocycles. The van der Waals surface area contributed by atoms with E-state index >= 15 is 0 Å². The van der Waals surface area contributed by atoms with E-state index in [1.807, 2.05) is 18.2 Å². The van der Waals surface area contributed by atoms with E-state index in [1.54, 1.807) is 0 Å². The quantitative estimate of drug-likeness (QED) is 0.120. The van der Waals surface area contributed by atoms with Gasteiger partial charge in [0.25, 0.3) is 0 Å². The zero-order chi connectivity index (χ0) is 35.8. The smallest absolute Gasteiger partial charge is 0.0987 e. The van der Waals surface area contributed by atoms with Crippen molar-refractivity contribution in [3.05, 3.63) is 226 Å². The van der Waals surface area contributed by atoms with Gasteiger partial charge in [-0.25, -0.2) is 0 Å². The average molecular weight is 687 g/mol. The molecule has 5 N–H and O–H groups in total. The minimum Gasteiger partial charge on any atom is -0.372 e. The standard InChI is InChI=1S/C49H42N4/c1-33-42-21-10-8-13-35(42)27-29-43(33)46(53-48(50)38-15-4-2-5-16-38)37-25-23-34(24-26-37)39-17-12-18-40(31-39)47-45-30-28-36-14-9-11-22-44(36)49(45,52-32-51-47)41-19-6-3-7-20-41/h2-31,46,48,51-53H,32,50H2,1H3. The van der Waals surface area contributed by atoms with Gasteiger partial charge in [-0.2, -0.15) is 0 Å². The van der Waals surface area contributed by atoms with Crippen molar-refractivity contribution in [2.45, 2.75) is 24.7 Å². The maximum Gasteiger partial charge on any atom is 0.0987 e. The van der Waals surface area contributed by atoms with Gasteiger partial charge in [0.05, 0.1) is 24.4 Å². The van der Waals surface area contributed by atoms with Crippen molar-refractivity contribution in [3.8, 4) is 11.1 Å². The van der Waals surface area contributed by atoms with Gasteiger partial charge < -0.3 is 11.1 Å². The second-order valence-corrected chi connectivity index (χ2v) is 14.0. The largest absolute Gasteiger partial charge is 0.372 e. The van der Waals surface area contributed by atoms with E-state index in [2.05, 4.69) is 187 Å². The number of fused-ring (bicyclic) bond motifs is 4. The number of rotatable bonds is 8. The molecule has 0 saturated carbocycles. The van der Waals surface area contributed by atoms with Crippen molar-refractivity contribution in [1.29, 1.82) is 0 Å². The number of hydrogen-bond donors (Lipinski definition) is 4. The van der Waals surface area contributed by atoms with Gasteiger partial charge in [0.2, 0.25) is 0 Å². The average Bonchev–Trinajstić information content (AvgIpc) is 3.23. The summed E-state index contributed by atoms with van der Waals surface area (Å²) in [7, 11) is 0. The molecule has 1 aliphatic heterocycles. The van der Waals surface area contributed by atoms with E-state index in [0.29, 0.717) is 6.67 Å². The lowest BCUT2D eigenvalue weighted by molar-refractivity contribution is 0.439. The molecule has 1 heterocycles. The van der Waals surface area contributed by atoms with Gasteiger partial charge in [-0.3, -0.25) is 10.6 Å². The Balaban J connectivity index is 1.10. The fourth-order valence-corrected chi connectivity index (χ4v) is 8.39. The predicted octanol–water partition coefficient (Wildman–Crippen LogP) is 9.98.